The van der Waals surface area contributed by atoms with Crippen LogP contribution in [0.1, 0.15) is 31.9 Å². The summed E-state index contributed by atoms with van der Waals surface area (Å²) in [7, 11) is 0. The molecule has 3 rings (SSSR count). The van der Waals surface area contributed by atoms with Gasteiger partial charge in [0.1, 0.15) is 4.33 Å². The van der Waals surface area contributed by atoms with Crippen LogP contribution in [-0.2, 0) is 10.2 Å². The van der Waals surface area contributed by atoms with Crippen LogP contribution in [0.5, 0.6) is 0 Å². The van der Waals surface area contributed by atoms with Crippen LogP contribution in [0.2, 0.25) is 0 Å². The van der Waals surface area contributed by atoms with Crippen molar-refractivity contribution in [3.8, 4) is 0 Å². The Morgan fingerprint density at radius 1 is 1.26 bits per heavy atom. The second-order valence-corrected chi connectivity index (χ2v) is 7.79. The molecule has 0 unspecified atom stereocenters. The van der Waals surface area contributed by atoms with Gasteiger partial charge in [0.2, 0.25) is 6.41 Å². The number of rotatable bonds is 1. The van der Waals surface area contributed by atoms with Crippen molar-refractivity contribution in [2.75, 3.05) is 4.90 Å². The first kappa shape index (κ1) is 13.3. The Morgan fingerprint density at radius 2 is 1.89 bits per heavy atom. The first-order valence-corrected chi connectivity index (χ1v) is 7.18. The van der Waals surface area contributed by atoms with Crippen molar-refractivity contribution in [3.63, 3.8) is 0 Å². The van der Waals surface area contributed by atoms with Crippen molar-refractivity contribution in [2.24, 2.45) is 5.92 Å². The first-order chi connectivity index (χ1) is 8.69. The van der Waals surface area contributed by atoms with Gasteiger partial charge in [0.25, 0.3) is 0 Å². The van der Waals surface area contributed by atoms with Crippen LogP contribution < -0.4 is 4.90 Å². The molecule has 1 amide bonds. The molecule has 1 fully saturated rings. The quantitative estimate of drug-likeness (QED) is 0.570. The van der Waals surface area contributed by atoms with Crippen molar-refractivity contribution in [1.82, 2.24) is 0 Å². The van der Waals surface area contributed by atoms with E-state index >= 15 is 0 Å². The predicted molar refractivity (Wildman–Crippen MR) is 79.1 cm³/mol. The molecule has 0 spiro atoms. The number of fused-ring (bicyclic) bond motifs is 3. The Labute approximate surface area is 123 Å². The molecule has 1 aromatic carbocycles. The van der Waals surface area contributed by atoms with Crippen molar-refractivity contribution in [3.05, 3.63) is 29.3 Å². The number of anilines is 1. The molecule has 1 aliphatic carbocycles. The molecular weight excluding hydrogens is 281 g/mol. The minimum absolute atomic E-state index is 0.0373. The van der Waals surface area contributed by atoms with E-state index in [0.717, 1.165) is 23.2 Å². The number of amides is 1. The van der Waals surface area contributed by atoms with E-state index in [9.17, 15) is 4.79 Å². The average Bonchev–Trinajstić information content (AvgIpc) is 2.77. The summed E-state index contributed by atoms with van der Waals surface area (Å²) in [5, 5.41) is 0. The number of alkyl halides is 2. The molecular formula is C15H17Cl2NO. The zero-order chi connectivity index (χ0) is 14.2. The molecule has 19 heavy (non-hydrogen) atoms. The number of carbonyl (C=O) groups excluding carboxylic acids is 1. The Kier molecular flexibility index (Phi) is 2.43. The van der Waals surface area contributed by atoms with E-state index in [0.29, 0.717) is 0 Å². The van der Waals surface area contributed by atoms with Gasteiger partial charge in [0.15, 0.2) is 0 Å². The zero-order valence-corrected chi connectivity index (χ0v) is 13.0. The van der Waals surface area contributed by atoms with E-state index in [2.05, 4.69) is 13.0 Å². The number of halogens is 2. The maximum Gasteiger partial charge on any atom is 0.214 e. The third-order valence-electron chi connectivity index (χ3n) is 4.95. The molecule has 0 aromatic heterocycles. The smallest absolute Gasteiger partial charge is 0.214 e. The summed E-state index contributed by atoms with van der Waals surface area (Å²) in [5.41, 5.74) is 2.48. The van der Waals surface area contributed by atoms with E-state index in [-0.39, 0.29) is 16.9 Å². The molecule has 1 aliphatic heterocycles. The van der Waals surface area contributed by atoms with Crippen molar-refractivity contribution < 1.29 is 4.79 Å². The highest BCUT2D eigenvalue weighted by molar-refractivity contribution is 6.53. The molecule has 0 saturated heterocycles. The number of hydrogen-bond donors (Lipinski definition) is 0. The number of benzene rings is 1. The minimum Gasteiger partial charge on any atom is -0.309 e. The monoisotopic (exact) mass is 297 g/mol. The summed E-state index contributed by atoms with van der Waals surface area (Å²) in [4.78, 5) is 13.3. The summed E-state index contributed by atoms with van der Waals surface area (Å²) in [6, 6.07) is 6.10. The van der Waals surface area contributed by atoms with Gasteiger partial charge < -0.3 is 4.90 Å². The molecule has 1 aromatic rings. The maximum absolute atomic E-state index is 11.5. The predicted octanol–water partition coefficient (Wildman–Crippen LogP) is 3.81. The van der Waals surface area contributed by atoms with Crippen molar-refractivity contribution in [1.29, 1.82) is 0 Å². The largest absolute Gasteiger partial charge is 0.309 e. The van der Waals surface area contributed by atoms with E-state index in [1.807, 2.05) is 32.9 Å². The van der Waals surface area contributed by atoms with Crippen molar-refractivity contribution in [2.45, 2.75) is 43.0 Å². The molecule has 2 nitrogen and oxygen atoms in total. The fourth-order valence-electron chi connectivity index (χ4n) is 3.93. The third kappa shape index (κ3) is 1.32. The lowest BCUT2D eigenvalue weighted by atomic mass is 9.80. The Morgan fingerprint density at radius 3 is 2.47 bits per heavy atom. The maximum atomic E-state index is 11.5. The molecule has 0 bridgehead atoms. The van der Waals surface area contributed by atoms with Gasteiger partial charge in [-0.25, -0.2) is 0 Å². The van der Waals surface area contributed by atoms with Gasteiger partial charge in [-0.2, -0.15) is 0 Å². The summed E-state index contributed by atoms with van der Waals surface area (Å²) in [6.45, 7) is 8.19. The van der Waals surface area contributed by atoms with Gasteiger partial charge in [-0.05, 0) is 32.4 Å². The standard InChI is InChI=1S/C15H17Cl2NO/c1-9-5-6-11-10(7-9)14(4)12(15(14,16)17)13(2,3)18(11)8-19/h5-8,12H,1-4H3/t12-,14-/m0/s1. The normalized spacial score (nSPS) is 33.4. The van der Waals surface area contributed by atoms with Gasteiger partial charge in [0, 0.05) is 22.6 Å². The highest BCUT2D eigenvalue weighted by Crippen LogP contribution is 2.76. The zero-order valence-electron chi connectivity index (χ0n) is 11.5. The number of hydrogen-bond acceptors (Lipinski definition) is 1. The molecule has 2 aliphatic rings. The molecule has 0 radical (unpaired) electrons. The van der Waals surface area contributed by atoms with Crippen LogP contribution in [0.25, 0.3) is 0 Å². The summed E-state index contributed by atoms with van der Waals surface area (Å²) >= 11 is 13.1. The summed E-state index contributed by atoms with van der Waals surface area (Å²) in [5.74, 6) is 0.0373. The number of nitrogens with zero attached hydrogens (tertiary/aromatic N) is 1. The molecule has 0 N–H and O–H groups in total. The third-order valence-corrected chi connectivity index (χ3v) is 6.17. The van der Waals surface area contributed by atoms with Gasteiger partial charge >= 0.3 is 0 Å². The number of aryl methyl sites for hydroxylation is 1. The summed E-state index contributed by atoms with van der Waals surface area (Å²) < 4.78 is -0.823. The van der Waals surface area contributed by atoms with Crippen LogP contribution >= 0.6 is 23.2 Å². The van der Waals surface area contributed by atoms with Gasteiger partial charge in [0.05, 0.1) is 0 Å². The van der Waals surface area contributed by atoms with E-state index < -0.39 is 4.33 Å². The fraction of sp³-hybridized carbons (Fsp3) is 0.533. The molecule has 2 atom stereocenters. The molecule has 4 heteroatoms. The second-order valence-electron chi connectivity index (χ2n) is 6.41. The Hall–Kier alpha value is -0.730. The highest BCUT2D eigenvalue weighted by Gasteiger charge is 2.81. The lowest BCUT2D eigenvalue weighted by Crippen LogP contribution is -2.50. The average molecular weight is 298 g/mol. The van der Waals surface area contributed by atoms with Crippen LogP contribution in [0.3, 0.4) is 0 Å². The highest BCUT2D eigenvalue weighted by atomic mass is 35.5. The SMILES string of the molecule is Cc1ccc2c(c1)[C@@]1(C)[C@H](C(C)(C)N2C=O)C1(Cl)Cl. The van der Waals surface area contributed by atoms with Gasteiger partial charge in [-0.15, -0.1) is 23.2 Å². The van der Waals surface area contributed by atoms with Crippen LogP contribution in [0, 0.1) is 12.8 Å². The van der Waals surface area contributed by atoms with Gasteiger partial charge in [-0.1, -0.05) is 24.6 Å². The fourth-order valence-corrected chi connectivity index (χ4v) is 5.22. The minimum atomic E-state index is -0.823. The van der Waals surface area contributed by atoms with Crippen LogP contribution in [-0.4, -0.2) is 16.3 Å². The van der Waals surface area contributed by atoms with E-state index in [1.54, 1.807) is 4.90 Å². The Bertz CT molecular complexity index is 582. The second kappa shape index (κ2) is 3.48. The summed E-state index contributed by atoms with van der Waals surface area (Å²) in [6.07, 6.45) is 0.885. The lowest BCUT2D eigenvalue weighted by Gasteiger charge is -2.42. The van der Waals surface area contributed by atoms with E-state index in [1.165, 1.54) is 0 Å². The van der Waals surface area contributed by atoms with Crippen molar-refractivity contribution >= 4 is 35.3 Å². The topological polar surface area (TPSA) is 20.3 Å². The molecule has 102 valence electrons. The van der Waals surface area contributed by atoms with Gasteiger partial charge in [-0.3, -0.25) is 4.79 Å². The van der Waals surface area contributed by atoms with Crippen LogP contribution in [0.4, 0.5) is 5.69 Å². The molecule has 1 saturated carbocycles. The molecule has 1 heterocycles. The first-order valence-electron chi connectivity index (χ1n) is 6.42. The Balaban J connectivity index is 2.32. The lowest BCUT2D eigenvalue weighted by molar-refractivity contribution is -0.108. The number of carbonyl (C=O) groups is 1. The van der Waals surface area contributed by atoms with E-state index in [4.69, 9.17) is 23.2 Å². The van der Waals surface area contributed by atoms with Crippen LogP contribution in [0.15, 0.2) is 18.2 Å².